The monoisotopic (exact) mass is 1340 g/mol. The smallest absolute Gasteiger partial charge is 0.252 e. The fourth-order valence-corrected chi connectivity index (χ4v) is 19.5. The van der Waals surface area contributed by atoms with Crippen LogP contribution >= 0.6 is 0 Å². The van der Waals surface area contributed by atoms with Crippen LogP contribution in [0.25, 0.3) is 88.4 Å². The second-order valence-corrected chi connectivity index (χ2v) is 36.5. The SMILES string of the molecule is CC(C)(C)c1cccc(-c2ccc3c(c2)B2c4ccc(-n5c6ccccc6c6ccccc65)cc4N(c4ccc(-c5ccc6c(c5)C(C)(C)CC6(C)C)cc4)c4cc(-n5c6ccc(C(C)(C)C)cc6c6cc(C(C)(C)C)ccc65)cc(c42)N3c2ccc(-c3ccc4c(c3)C(C)(C)CC4(C)C)cc2)c1. The van der Waals surface area contributed by atoms with Crippen molar-refractivity contribution < 1.29 is 0 Å². The summed E-state index contributed by atoms with van der Waals surface area (Å²) in [7, 11) is 0. The summed E-state index contributed by atoms with van der Waals surface area (Å²) >= 11 is 0. The van der Waals surface area contributed by atoms with Crippen molar-refractivity contribution >= 4 is 101 Å². The summed E-state index contributed by atoms with van der Waals surface area (Å²) < 4.78 is 5.09. The molecular formula is C98H95BN4. The third kappa shape index (κ3) is 10.2. The van der Waals surface area contributed by atoms with Crippen molar-refractivity contribution in [1.82, 2.24) is 9.13 Å². The lowest BCUT2D eigenvalue weighted by Crippen LogP contribution is -2.61. The molecule has 4 nitrogen and oxygen atoms in total. The molecule has 4 heterocycles. The van der Waals surface area contributed by atoms with Gasteiger partial charge in [-0.15, -0.1) is 0 Å². The number of nitrogens with zero attached hydrogens (tertiary/aromatic N) is 4. The zero-order valence-corrected chi connectivity index (χ0v) is 63.4. The van der Waals surface area contributed by atoms with E-state index in [0.717, 1.165) is 52.7 Å². The van der Waals surface area contributed by atoms with E-state index in [-0.39, 0.29) is 44.6 Å². The topological polar surface area (TPSA) is 16.3 Å². The quantitative estimate of drug-likeness (QED) is 0.148. The van der Waals surface area contributed by atoms with Gasteiger partial charge < -0.3 is 18.9 Å². The van der Waals surface area contributed by atoms with Gasteiger partial charge in [-0.05, 0) is 230 Å². The number of benzene rings is 12. The Morgan fingerprint density at radius 3 is 1.17 bits per heavy atom. The van der Waals surface area contributed by atoms with Crippen LogP contribution in [0, 0.1) is 0 Å². The van der Waals surface area contributed by atoms with Gasteiger partial charge in [-0.3, -0.25) is 0 Å². The molecule has 0 saturated heterocycles. The molecule has 0 spiro atoms. The highest BCUT2D eigenvalue weighted by Crippen LogP contribution is 2.54. The van der Waals surface area contributed by atoms with E-state index in [1.165, 1.54) is 138 Å². The molecule has 0 N–H and O–H groups in total. The molecule has 0 bridgehead atoms. The minimum Gasteiger partial charge on any atom is -0.311 e. The molecule has 0 saturated carbocycles. The number of fused-ring (bicyclic) bond motifs is 12. The predicted octanol–water partition coefficient (Wildman–Crippen LogP) is 24.8. The molecule has 14 aromatic rings. The van der Waals surface area contributed by atoms with Crippen LogP contribution in [0.2, 0.25) is 0 Å². The highest BCUT2D eigenvalue weighted by molar-refractivity contribution is 7.00. The predicted molar refractivity (Wildman–Crippen MR) is 443 cm³/mol. The molecule has 0 fully saturated rings. The Bertz CT molecular complexity index is 5760. The molecule has 2 aliphatic heterocycles. The minimum absolute atomic E-state index is 0.0290. The Morgan fingerprint density at radius 1 is 0.272 bits per heavy atom. The number of aromatic nitrogens is 2. The van der Waals surface area contributed by atoms with Gasteiger partial charge in [-0.2, -0.15) is 0 Å². The minimum atomic E-state index is -0.173. The Hall–Kier alpha value is -10.1. The standard InChI is InChI=1S/C98H95BN4/c1-92(2,3)66-24-22-23-62(49-66)65-35-46-87-82(52-65)99-81-45-42-71(102-83-27-20-18-25-73(83)74-26-19-21-28-84(74)102)55-88(81)101(70-40-31-61(32-41-70)64-34-44-78-80(51-64)98(16,17)59-96(78,12)13)90-57-72(103-85-47-36-67(93(4,5)6)53-75(85)76-54-68(94(7,8)9)37-48-86(76)103)56-89(91(90)99)100(87)69-38-29-60(30-39-69)63-33-43-77-79(50-63)97(14,15)58-95(77,10)11/h18-57H,58-59H2,1-17H3. The zero-order valence-electron chi connectivity index (χ0n) is 63.4. The summed E-state index contributed by atoms with van der Waals surface area (Å²) in [5, 5.41) is 5.03. The summed E-state index contributed by atoms with van der Waals surface area (Å²) in [5.74, 6) is 0. The molecule has 12 aromatic carbocycles. The van der Waals surface area contributed by atoms with Crippen molar-refractivity contribution in [1.29, 1.82) is 0 Å². The second-order valence-electron chi connectivity index (χ2n) is 36.5. The Kier molecular flexibility index (Phi) is 14.0. The van der Waals surface area contributed by atoms with Gasteiger partial charge in [0.15, 0.2) is 0 Å². The van der Waals surface area contributed by atoms with Crippen molar-refractivity contribution in [2.75, 3.05) is 9.80 Å². The fourth-order valence-electron chi connectivity index (χ4n) is 19.5. The molecule has 0 unspecified atom stereocenters. The largest absolute Gasteiger partial charge is 0.311 e. The molecule has 0 atom stereocenters. The van der Waals surface area contributed by atoms with E-state index in [9.17, 15) is 0 Å². The number of rotatable bonds is 7. The van der Waals surface area contributed by atoms with Gasteiger partial charge in [-0.1, -0.05) is 269 Å². The van der Waals surface area contributed by atoms with Gasteiger partial charge in [0.05, 0.1) is 27.8 Å². The lowest BCUT2D eigenvalue weighted by molar-refractivity contribution is 0.402. The van der Waals surface area contributed by atoms with Crippen LogP contribution in [0.4, 0.5) is 34.1 Å². The van der Waals surface area contributed by atoms with Crippen LogP contribution in [0.1, 0.15) is 169 Å². The van der Waals surface area contributed by atoms with Crippen LogP contribution in [0.15, 0.2) is 243 Å². The summed E-state index contributed by atoms with van der Waals surface area (Å²) in [6, 6.07) is 95.4. The first-order valence-electron chi connectivity index (χ1n) is 37.7. The zero-order chi connectivity index (χ0) is 71.6. The highest BCUT2D eigenvalue weighted by Gasteiger charge is 2.46. The third-order valence-electron chi connectivity index (χ3n) is 24.3. The molecule has 103 heavy (non-hydrogen) atoms. The van der Waals surface area contributed by atoms with Crippen molar-refractivity contribution in [2.24, 2.45) is 0 Å². The molecule has 510 valence electrons. The number of para-hydroxylation sites is 2. The van der Waals surface area contributed by atoms with Crippen molar-refractivity contribution in [3.63, 3.8) is 0 Å². The first-order chi connectivity index (χ1) is 48.9. The fraction of sp³-hybridized carbons (Fsp3) is 0.265. The summed E-state index contributed by atoms with van der Waals surface area (Å²) in [5.41, 5.74) is 35.1. The van der Waals surface area contributed by atoms with E-state index >= 15 is 0 Å². The van der Waals surface area contributed by atoms with Crippen LogP contribution in [-0.2, 0) is 37.9 Å². The molecule has 18 rings (SSSR count). The Morgan fingerprint density at radius 2 is 0.670 bits per heavy atom. The highest BCUT2D eigenvalue weighted by atomic mass is 15.2. The second kappa shape index (κ2) is 22.2. The van der Waals surface area contributed by atoms with Gasteiger partial charge in [0.1, 0.15) is 0 Å². The van der Waals surface area contributed by atoms with E-state index < -0.39 is 0 Å². The summed E-state index contributed by atoms with van der Waals surface area (Å²) in [6.07, 6.45) is 2.26. The maximum atomic E-state index is 2.65. The molecule has 2 aromatic heterocycles. The van der Waals surface area contributed by atoms with Crippen LogP contribution in [0.5, 0.6) is 0 Å². The van der Waals surface area contributed by atoms with E-state index in [1.807, 2.05) is 0 Å². The summed E-state index contributed by atoms with van der Waals surface area (Å²) in [6.45, 7) is 40.2. The molecule has 4 aliphatic rings. The third-order valence-corrected chi connectivity index (χ3v) is 24.3. The lowest BCUT2D eigenvalue weighted by Gasteiger charge is -2.44. The Labute approximate surface area is 610 Å². The first kappa shape index (κ1) is 65.0. The number of anilines is 6. The summed E-state index contributed by atoms with van der Waals surface area (Å²) in [4.78, 5) is 5.27. The normalized spacial score (nSPS) is 16.2. The van der Waals surface area contributed by atoms with Crippen molar-refractivity contribution in [3.05, 3.63) is 282 Å². The van der Waals surface area contributed by atoms with E-state index in [0.29, 0.717) is 0 Å². The molecule has 5 heteroatoms. The van der Waals surface area contributed by atoms with Crippen LogP contribution < -0.4 is 26.2 Å². The van der Waals surface area contributed by atoms with Gasteiger partial charge in [0.2, 0.25) is 0 Å². The maximum absolute atomic E-state index is 2.65. The Balaban J connectivity index is 0.937. The first-order valence-corrected chi connectivity index (χ1v) is 37.7. The number of hydrogen-bond acceptors (Lipinski definition) is 2. The number of hydrogen-bond donors (Lipinski definition) is 0. The van der Waals surface area contributed by atoms with E-state index in [2.05, 4.69) is 379 Å². The molecule has 0 radical (unpaired) electrons. The molecule has 2 aliphatic carbocycles. The molecule has 0 amide bonds. The van der Waals surface area contributed by atoms with Gasteiger partial charge in [0, 0.05) is 61.4 Å². The van der Waals surface area contributed by atoms with Crippen LogP contribution in [-0.4, -0.2) is 15.8 Å². The van der Waals surface area contributed by atoms with E-state index in [4.69, 9.17) is 0 Å². The van der Waals surface area contributed by atoms with Gasteiger partial charge in [-0.25, -0.2) is 0 Å². The average Bonchev–Trinajstić information content (AvgIpc) is 1.30. The van der Waals surface area contributed by atoms with Gasteiger partial charge >= 0.3 is 0 Å². The average molecular weight is 1340 g/mol. The van der Waals surface area contributed by atoms with Gasteiger partial charge in [0.25, 0.3) is 6.71 Å². The maximum Gasteiger partial charge on any atom is 0.252 e. The van der Waals surface area contributed by atoms with Crippen LogP contribution in [0.3, 0.4) is 0 Å². The van der Waals surface area contributed by atoms with E-state index in [1.54, 1.807) is 0 Å². The lowest BCUT2D eigenvalue weighted by atomic mass is 9.33. The molecular weight excluding hydrogens is 1240 g/mol. The van der Waals surface area contributed by atoms with Crippen molar-refractivity contribution in [2.45, 2.75) is 168 Å². The van der Waals surface area contributed by atoms with Crippen molar-refractivity contribution in [3.8, 4) is 44.8 Å².